The molecule has 0 bridgehead atoms. The van der Waals surface area contributed by atoms with Gasteiger partial charge in [-0.3, -0.25) is 9.59 Å². The summed E-state index contributed by atoms with van der Waals surface area (Å²) in [6.45, 7) is 3.25. The summed E-state index contributed by atoms with van der Waals surface area (Å²) in [5.41, 5.74) is -0.701. The van der Waals surface area contributed by atoms with E-state index in [1.54, 1.807) is 13.8 Å². The van der Waals surface area contributed by atoms with Gasteiger partial charge in [0.05, 0.1) is 18.8 Å². The Labute approximate surface area is 140 Å². The molecule has 0 saturated heterocycles. The molecule has 0 radical (unpaired) electrons. The van der Waals surface area contributed by atoms with Crippen LogP contribution in [0.1, 0.15) is 25.0 Å². The van der Waals surface area contributed by atoms with Gasteiger partial charge in [-0.1, -0.05) is 12.1 Å². The van der Waals surface area contributed by atoms with Crippen molar-refractivity contribution in [2.24, 2.45) is 5.92 Å². The summed E-state index contributed by atoms with van der Waals surface area (Å²) < 4.78 is 48.1. The third kappa shape index (κ3) is 5.23. The van der Waals surface area contributed by atoms with Crippen LogP contribution in [0, 0.1) is 5.92 Å². The molecule has 1 rings (SSSR count). The number of carbonyl (C=O) groups excluding carboxylic acids is 2. The summed E-state index contributed by atoms with van der Waals surface area (Å²) in [6.07, 6.45) is -4.79. The second kappa shape index (κ2) is 8.33. The van der Waals surface area contributed by atoms with Crippen LogP contribution in [-0.4, -0.2) is 25.2 Å². The molecule has 0 heterocycles. The Bertz CT molecular complexity index is 554. The van der Waals surface area contributed by atoms with Crippen LogP contribution in [0.15, 0.2) is 22.7 Å². The first-order valence-corrected chi connectivity index (χ1v) is 7.69. The lowest BCUT2D eigenvalue weighted by molar-refractivity contribution is -0.161. The lowest BCUT2D eigenvalue weighted by Gasteiger charge is -2.17. The minimum absolute atomic E-state index is 0.0541. The predicted molar refractivity (Wildman–Crippen MR) is 79.6 cm³/mol. The van der Waals surface area contributed by atoms with Crippen molar-refractivity contribution in [1.29, 1.82) is 0 Å². The van der Waals surface area contributed by atoms with Crippen LogP contribution < -0.4 is 0 Å². The van der Waals surface area contributed by atoms with Crippen LogP contribution in [-0.2, 0) is 31.7 Å². The summed E-state index contributed by atoms with van der Waals surface area (Å²) in [4.78, 5) is 23.8. The molecule has 8 heteroatoms. The van der Waals surface area contributed by atoms with Gasteiger partial charge < -0.3 is 9.47 Å². The normalized spacial score (nSPS) is 11.4. The van der Waals surface area contributed by atoms with E-state index in [9.17, 15) is 22.8 Å². The highest BCUT2D eigenvalue weighted by Crippen LogP contribution is 2.37. The number of alkyl halides is 3. The standard InChI is InChI=1S/C15H16BrF3O4/c1-3-22-13(20)10(14(21)23-4-2)8-9-6-5-7-11(12(9)16)15(17,18)19/h5-7,10H,3-4,8H2,1-2H3. The molecule has 0 amide bonds. The number of hydrogen-bond donors (Lipinski definition) is 0. The second-order valence-electron chi connectivity index (χ2n) is 4.54. The third-order valence-electron chi connectivity index (χ3n) is 2.95. The Balaban J connectivity index is 3.13. The van der Waals surface area contributed by atoms with E-state index < -0.39 is 29.6 Å². The van der Waals surface area contributed by atoms with E-state index in [4.69, 9.17) is 9.47 Å². The van der Waals surface area contributed by atoms with E-state index in [1.165, 1.54) is 12.1 Å². The summed E-state index contributed by atoms with van der Waals surface area (Å²) in [6, 6.07) is 3.54. The highest BCUT2D eigenvalue weighted by Gasteiger charge is 2.35. The van der Waals surface area contributed by atoms with Crippen molar-refractivity contribution in [1.82, 2.24) is 0 Å². The molecule has 128 valence electrons. The first-order valence-electron chi connectivity index (χ1n) is 6.90. The molecule has 0 aliphatic heterocycles. The molecule has 0 aliphatic carbocycles. The molecular formula is C15H16BrF3O4. The predicted octanol–water partition coefficient (Wildman–Crippen LogP) is 3.75. The highest BCUT2D eigenvalue weighted by atomic mass is 79.9. The van der Waals surface area contributed by atoms with E-state index in [2.05, 4.69) is 15.9 Å². The van der Waals surface area contributed by atoms with E-state index in [0.717, 1.165) is 6.07 Å². The number of ether oxygens (including phenoxy) is 2. The van der Waals surface area contributed by atoms with E-state index in [-0.39, 0.29) is 29.7 Å². The third-order valence-corrected chi connectivity index (χ3v) is 3.89. The van der Waals surface area contributed by atoms with Crippen LogP contribution in [0.4, 0.5) is 13.2 Å². The van der Waals surface area contributed by atoms with Crippen LogP contribution in [0.5, 0.6) is 0 Å². The summed E-state index contributed by atoms with van der Waals surface area (Å²) in [7, 11) is 0. The zero-order chi connectivity index (χ0) is 17.6. The van der Waals surface area contributed by atoms with Gasteiger partial charge in [-0.2, -0.15) is 13.2 Å². The smallest absolute Gasteiger partial charge is 0.417 e. The summed E-state index contributed by atoms with van der Waals surface area (Å²) in [5, 5.41) is 0. The maximum Gasteiger partial charge on any atom is 0.417 e. The van der Waals surface area contributed by atoms with Gasteiger partial charge in [0.15, 0.2) is 5.92 Å². The summed E-state index contributed by atoms with van der Waals surface area (Å²) >= 11 is 2.90. The van der Waals surface area contributed by atoms with E-state index in [0.29, 0.717) is 0 Å². The maximum absolute atomic E-state index is 12.9. The van der Waals surface area contributed by atoms with Crippen molar-refractivity contribution in [2.75, 3.05) is 13.2 Å². The topological polar surface area (TPSA) is 52.6 Å². The molecule has 0 unspecified atom stereocenters. The Morgan fingerprint density at radius 1 is 1.13 bits per heavy atom. The fraction of sp³-hybridized carbons (Fsp3) is 0.467. The van der Waals surface area contributed by atoms with E-state index >= 15 is 0 Å². The van der Waals surface area contributed by atoms with Gasteiger partial charge in [-0.05, 0) is 47.8 Å². The zero-order valence-corrected chi connectivity index (χ0v) is 14.2. The molecule has 1 aromatic rings. The molecule has 4 nitrogen and oxygen atoms in total. The largest absolute Gasteiger partial charge is 0.465 e. The minimum atomic E-state index is -4.54. The molecule has 0 N–H and O–H groups in total. The average Bonchev–Trinajstić information content (AvgIpc) is 2.45. The average molecular weight is 397 g/mol. The van der Waals surface area contributed by atoms with Crippen LogP contribution in [0.25, 0.3) is 0 Å². The van der Waals surface area contributed by atoms with Crippen molar-refractivity contribution in [2.45, 2.75) is 26.4 Å². The monoisotopic (exact) mass is 396 g/mol. The van der Waals surface area contributed by atoms with Crippen molar-refractivity contribution < 1.29 is 32.2 Å². The molecule has 0 aromatic heterocycles. The Morgan fingerprint density at radius 2 is 1.65 bits per heavy atom. The van der Waals surface area contributed by atoms with Crippen LogP contribution in [0.2, 0.25) is 0 Å². The number of hydrogen-bond acceptors (Lipinski definition) is 4. The molecule has 23 heavy (non-hydrogen) atoms. The highest BCUT2D eigenvalue weighted by molar-refractivity contribution is 9.10. The number of halogens is 4. The SMILES string of the molecule is CCOC(=O)C(Cc1cccc(C(F)(F)F)c1Br)C(=O)OCC. The molecule has 0 spiro atoms. The number of rotatable bonds is 6. The molecule has 0 aliphatic rings. The molecule has 0 saturated carbocycles. The first kappa shape index (κ1) is 19.5. The van der Waals surface area contributed by atoms with E-state index in [1.807, 2.05) is 0 Å². The van der Waals surface area contributed by atoms with Crippen LogP contribution >= 0.6 is 15.9 Å². The first-order chi connectivity index (χ1) is 10.7. The summed E-state index contributed by atoms with van der Waals surface area (Å²) in [5.74, 6) is -2.96. The van der Waals surface area contributed by atoms with Crippen LogP contribution in [0.3, 0.4) is 0 Å². The van der Waals surface area contributed by atoms with Gasteiger partial charge in [0.25, 0.3) is 0 Å². The van der Waals surface area contributed by atoms with Crippen molar-refractivity contribution in [3.8, 4) is 0 Å². The Kier molecular flexibility index (Phi) is 7.05. The van der Waals surface area contributed by atoms with Gasteiger partial charge in [-0.25, -0.2) is 0 Å². The van der Waals surface area contributed by atoms with Gasteiger partial charge in [-0.15, -0.1) is 0 Å². The van der Waals surface area contributed by atoms with Gasteiger partial charge in [0, 0.05) is 4.47 Å². The lowest BCUT2D eigenvalue weighted by Crippen LogP contribution is -2.30. The quantitative estimate of drug-likeness (QED) is 0.542. The number of esters is 2. The lowest BCUT2D eigenvalue weighted by atomic mass is 9.98. The number of carbonyl (C=O) groups is 2. The molecule has 0 atom stereocenters. The van der Waals surface area contributed by atoms with Gasteiger partial charge in [0.1, 0.15) is 0 Å². The minimum Gasteiger partial charge on any atom is -0.465 e. The van der Waals surface area contributed by atoms with Crippen molar-refractivity contribution in [3.63, 3.8) is 0 Å². The Hall–Kier alpha value is -1.57. The molecule has 0 fully saturated rings. The van der Waals surface area contributed by atoms with Gasteiger partial charge in [0.2, 0.25) is 0 Å². The van der Waals surface area contributed by atoms with Crippen molar-refractivity contribution in [3.05, 3.63) is 33.8 Å². The van der Waals surface area contributed by atoms with Gasteiger partial charge >= 0.3 is 18.1 Å². The fourth-order valence-electron chi connectivity index (χ4n) is 1.92. The molecular weight excluding hydrogens is 381 g/mol. The fourth-order valence-corrected chi connectivity index (χ4v) is 2.58. The zero-order valence-electron chi connectivity index (χ0n) is 12.6. The second-order valence-corrected chi connectivity index (χ2v) is 5.33. The maximum atomic E-state index is 12.9. The van der Waals surface area contributed by atoms with Crippen molar-refractivity contribution >= 4 is 27.9 Å². The molecule has 1 aromatic carbocycles. The number of benzene rings is 1. The Morgan fingerprint density at radius 3 is 2.09 bits per heavy atom.